The highest BCUT2D eigenvalue weighted by Crippen LogP contribution is 2.16. The minimum absolute atomic E-state index is 0.345. The number of aliphatic carboxylic acids is 1. The van der Waals surface area contributed by atoms with E-state index in [0.717, 1.165) is 12.8 Å². The average Bonchev–Trinajstić information content (AvgIpc) is 3.07. The molecule has 0 radical (unpaired) electrons. The van der Waals surface area contributed by atoms with Gasteiger partial charge in [0.15, 0.2) is 0 Å². The van der Waals surface area contributed by atoms with Gasteiger partial charge in [0, 0.05) is 6.42 Å². The van der Waals surface area contributed by atoms with E-state index < -0.39 is 5.97 Å². The van der Waals surface area contributed by atoms with Gasteiger partial charge in [-0.3, -0.25) is 4.79 Å². The maximum absolute atomic E-state index is 10.3. The maximum atomic E-state index is 10.3. The van der Waals surface area contributed by atoms with Crippen LogP contribution < -0.4 is 0 Å². The van der Waals surface area contributed by atoms with Gasteiger partial charge in [-0.05, 0) is 6.42 Å². The van der Waals surface area contributed by atoms with Crippen molar-refractivity contribution >= 4 is 5.97 Å². The van der Waals surface area contributed by atoms with E-state index in [1.165, 1.54) is 244 Å². The molecule has 0 spiro atoms. The van der Waals surface area contributed by atoms with E-state index in [4.69, 9.17) is 5.11 Å². The predicted octanol–water partition coefficient (Wildman–Crippen LogP) is 17.1. The Labute approximate surface area is 299 Å². The first-order chi connectivity index (χ1) is 23.2. The smallest absolute Gasteiger partial charge is 0.303 e. The summed E-state index contributed by atoms with van der Waals surface area (Å²) in [6.45, 7) is 6.88. The van der Waals surface area contributed by atoms with Crippen LogP contribution in [-0.4, -0.2) is 11.1 Å². The van der Waals surface area contributed by atoms with Gasteiger partial charge >= 0.3 is 5.97 Å². The number of rotatable bonds is 40. The van der Waals surface area contributed by atoms with Gasteiger partial charge < -0.3 is 5.11 Å². The lowest BCUT2D eigenvalue weighted by Crippen LogP contribution is -1.93. The molecule has 0 aliphatic carbocycles. The van der Waals surface area contributed by atoms with E-state index in [2.05, 4.69) is 20.8 Å². The van der Waals surface area contributed by atoms with Crippen LogP contribution in [0.4, 0.5) is 0 Å². The first-order valence-electron chi connectivity index (χ1n) is 22.4. The van der Waals surface area contributed by atoms with Gasteiger partial charge in [-0.25, -0.2) is 0 Å². The highest BCUT2D eigenvalue weighted by atomic mass is 16.4. The summed E-state index contributed by atoms with van der Waals surface area (Å²) in [4.78, 5) is 10.3. The van der Waals surface area contributed by atoms with Crippen molar-refractivity contribution in [3.05, 3.63) is 0 Å². The fourth-order valence-corrected chi connectivity index (χ4v) is 6.86. The summed E-state index contributed by atoms with van der Waals surface area (Å²) in [6, 6.07) is 0. The molecule has 0 fully saturated rings. The summed E-state index contributed by atoms with van der Waals surface area (Å²) < 4.78 is 0. The Balaban J connectivity index is 0. The number of carbonyl (C=O) groups is 1. The van der Waals surface area contributed by atoms with Gasteiger partial charge in [0.25, 0.3) is 0 Å². The number of unbranched alkanes of at least 4 members (excludes halogenated alkanes) is 38. The molecule has 0 saturated heterocycles. The van der Waals surface area contributed by atoms with E-state index >= 15 is 0 Å². The molecule has 284 valence electrons. The molecule has 2 heteroatoms. The van der Waals surface area contributed by atoms with Gasteiger partial charge in [-0.1, -0.05) is 271 Å². The van der Waals surface area contributed by atoms with E-state index in [0.29, 0.717) is 6.42 Å². The molecule has 0 aromatic heterocycles. The first-order valence-corrected chi connectivity index (χ1v) is 22.4. The number of hydrogen-bond acceptors (Lipinski definition) is 1. The van der Waals surface area contributed by atoms with Crippen LogP contribution in [0.1, 0.15) is 284 Å². The quantitative estimate of drug-likeness (QED) is 0.0662. The Morgan fingerprint density at radius 1 is 0.255 bits per heavy atom. The zero-order chi connectivity index (χ0) is 34.6. The molecule has 0 bridgehead atoms. The number of carboxylic acids is 1. The Morgan fingerprint density at radius 3 is 0.511 bits per heavy atom. The third-order valence-corrected chi connectivity index (χ3v) is 10.2. The highest BCUT2D eigenvalue weighted by Gasteiger charge is 1.98. The second kappa shape index (κ2) is 47.6. The molecular weight excluding hydrogens is 572 g/mol. The van der Waals surface area contributed by atoms with Crippen molar-refractivity contribution in [1.82, 2.24) is 0 Å². The van der Waals surface area contributed by atoms with Crippen molar-refractivity contribution in [3.63, 3.8) is 0 Å². The molecule has 2 nitrogen and oxygen atoms in total. The van der Waals surface area contributed by atoms with E-state index in [1.807, 2.05) is 0 Å². The molecule has 0 unspecified atom stereocenters. The molecule has 0 saturated carbocycles. The van der Waals surface area contributed by atoms with Crippen LogP contribution in [0.5, 0.6) is 0 Å². The Bertz CT molecular complexity index is 506. The minimum atomic E-state index is -0.653. The highest BCUT2D eigenvalue weighted by molar-refractivity contribution is 5.66. The SMILES string of the molecule is CCCCCCCCCCCCCCCCCC(=O)O.CCCCCCCCCCCCCCCCCCCCCCCCCCC. The largest absolute Gasteiger partial charge is 0.481 e. The van der Waals surface area contributed by atoms with Crippen LogP contribution >= 0.6 is 0 Å². The maximum Gasteiger partial charge on any atom is 0.303 e. The zero-order valence-corrected chi connectivity index (χ0v) is 33.3. The minimum Gasteiger partial charge on any atom is -0.481 e. The number of carboxylic acid groups (broad SMARTS) is 1. The predicted molar refractivity (Wildman–Crippen MR) is 214 cm³/mol. The van der Waals surface area contributed by atoms with Crippen molar-refractivity contribution in [3.8, 4) is 0 Å². The van der Waals surface area contributed by atoms with Crippen molar-refractivity contribution in [2.24, 2.45) is 0 Å². The molecular formula is C45H92O2. The third-order valence-electron chi connectivity index (χ3n) is 10.2. The first kappa shape index (κ1) is 48.6. The fourth-order valence-electron chi connectivity index (χ4n) is 6.86. The van der Waals surface area contributed by atoms with Crippen LogP contribution in [0, 0.1) is 0 Å². The molecule has 0 aromatic rings. The fraction of sp³-hybridized carbons (Fsp3) is 0.978. The van der Waals surface area contributed by atoms with Crippen LogP contribution in [0.15, 0.2) is 0 Å². The van der Waals surface area contributed by atoms with Crippen molar-refractivity contribution in [1.29, 1.82) is 0 Å². The Morgan fingerprint density at radius 2 is 0.383 bits per heavy atom. The molecule has 0 atom stereocenters. The van der Waals surface area contributed by atoms with Crippen LogP contribution in [0.2, 0.25) is 0 Å². The summed E-state index contributed by atoms with van der Waals surface area (Å²) in [5.41, 5.74) is 0. The standard InChI is InChI=1S/C27H56.C18H36O2/c1-3-5-7-9-11-13-15-17-19-21-23-25-27-26-24-22-20-18-16-14-12-10-8-6-4-2;1-2-3-4-5-6-7-8-9-10-11-12-13-14-15-16-17-18(19)20/h3-27H2,1-2H3;2-17H2,1H3,(H,19,20). The Hall–Kier alpha value is -0.530. The van der Waals surface area contributed by atoms with Crippen LogP contribution in [0.3, 0.4) is 0 Å². The summed E-state index contributed by atoms with van der Waals surface area (Å²) >= 11 is 0. The lowest BCUT2D eigenvalue weighted by molar-refractivity contribution is -0.137. The van der Waals surface area contributed by atoms with Gasteiger partial charge in [0.1, 0.15) is 0 Å². The Kier molecular flexibility index (Phi) is 49.2. The van der Waals surface area contributed by atoms with Crippen molar-refractivity contribution in [2.75, 3.05) is 0 Å². The molecule has 0 aliphatic rings. The average molecular weight is 665 g/mol. The molecule has 1 N–H and O–H groups in total. The lowest BCUT2D eigenvalue weighted by atomic mass is 10.0. The van der Waals surface area contributed by atoms with Gasteiger partial charge in [0.2, 0.25) is 0 Å². The topological polar surface area (TPSA) is 37.3 Å². The summed E-state index contributed by atoms with van der Waals surface area (Å²) in [6.07, 6.45) is 57.1. The van der Waals surface area contributed by atoms with Gasteiger partial charge in [-0.2, -0.15) is 0 Å². The zero-order valence-electron chi connectivity index (χ0n) is 33.3. The second-order valence-electron chi connectivity index (χ2n) is 15.2. The van der Waals surface area contributed by atoms with Crippen molar-refractivity contribution < 1.29 is 9.90 Å². The van der Waals surface area contributed by atoms with E-state index in [9.17, 15) is 4.79 Å². The summed E-state index contributed by atoms with van der Waals surface area (Å²) in [5.74, 6) is -0.653. The molecule has 0 rings (SSSR count). The third kappa shape index (κ3) is 52.5. The van der Waals surface area contributed by atoms with Gasteiger partial charge in [-0.15, -0.1) is 0 Å². The summed E-state index contributed by atoms with van der Waals surface area (Å²) in [7, 11) is 0. The van der Waals surface area contributed by atoms with Crippen LogP contribution in [0.25, 0.3) is 0 Å². The van der Waals surface area contributed by atoms with Crippen molar-refractivity contribution in [2.45, 2.75) is 284 Å². The second-order valence-corrected chi connectivity index (χ2v) is 15.2. The molecule has 47 heavy (non-hydrogen) atoms. The van der Waals surface area contributed by atoms with E-state index in [1.54, 1.807) is 0 Å². The number of hydrogen-bond donors (Lipinski definition) is 1. The molecule has 0 heterocycles. The lowest BCUT2D eigenvalue weighted by Gasteiger charge is -2.04. The molecule has 0 aromatic carbocycles. The monoisotopic (exact) mass is 665 g/mol. The molecule has 0 amide bonds. The normalized spacial score (nSPS) is 11.1. The summed E-state index contributed by atoms with van der Waals surface area (Å²) in [5, 5.41) is 8.52. The van der Waals surface area contributed by atoms with E-state index in [-0.39, 0.29) is 0 Å². The van der Waals surface area contributed by atoms with Crippen LogP contribution in [-0.2, 0) is 4.79 Å². The van der Waals surface area contributed by atoms with Gasteiger partial charge in [0.05, 0.1) is 0 Å². The molecule has 0 aliphatic heterocycles.